The fourth-order valence-corrected chi connectivity index (χ4v) is 9.04. The summed E-state index contributed by atoms with van der Waals surface area (Å²) in [5.41, 5.74) is 18.0. The molecule has 27 heteroatoms. The van der Waals surface area contributed by atoms with Crippen LogP contribution in [0.3, 0.4) is 0 Å². The number of carbonyl (C=O) groups excluding carboxylic acids is 5. The molecule has 0 radical (unpaired) electrons. The van der Waals surface area contributed by atoms with E-state index in [-0.39, 0.29) is 36.0 Å². The summed E-state index contributed by atoms with van der Waals surface area (Å²) in [4.78, 5) is 82.1. The number of halogens is 4. The van der Waals surface area contributed by atoms with Gasteiger partial charge in [0.05, 0.1) is 30.8 Å². The lowest BCUT2D eigenvalue weighted by atomic mass is 10.0. The van der Waals surface area contributed by atoms with E-state index in [1.165, 1.54) is 36.4 Å². The quantitative estimate of drug-likeness (QED) is 0.0257. The second-order valence-electron chi connectivity index (χ2n) is 23.6. The monoisotopic (exact) mass is 1410 g/mol. The van der Waals surface area contributed by atoms with Crippen LogP contribution in [0.15, 0.2) is 127 Å². The van der Waals surface area contributed by atoms with Gasteiger partial charge in [-0.2, -0.15) is 0 Å². The molecule has 0 spiro atoms. The molecular formula is C70H77Cl3FN6O16P. The van der Waals surface area contributed by atoms with E-state index >= 15 is 0 Å². The number of nitrogens with one attached hydrogen (secondary N) is 3. The van der Waals surface area contributed by atoms with E-state index in [4.69, 9.17) is 44.6 Å². The summed E-state index contributed by atoms with van der Waals surface area (Å²) < 4.78 is 58.4. The Morgan fingerprint density at radius 1 is 0.495 bits per heavy atom. The van der Waals surface area contributed by atoms with Gasteiger partial charge in [0.1, 0.15) is 28.0 Å². The van der Waals surface area contributed by atoms with Gasteiger partial charge in [-0.25, -0.2) is 25.0 Å². The van der Waals surface area contributed by atoms with Crippen LogP contribution in [-0.4, -0.2) is 80.4 Å². The average molecular weight is 1420 g/mol. The molecule has 22 nitrogen and oxygen atoms in total. The predicted octanol–water partition coefficient (Wildman–Crippen LogP) is 17.5. The minimum Gasteiger partial charge on any atom is -0.478 e. The van der Waals surface area contributed by atoms with Gasteiger partial charge in [0, 0.05) is 27.3 Å². The van der Waals surface area contributed by atoms with Gasteiger partial charge in [0.25, 0.3) is 11.8 Å². The number of nitrogen functional groups attached to an aromatic ring is 1. The van der Waals surface area contributed by atoms with Gasteiger partial charge in [0.15, 0.2) is 17.3 Å². The van der Waals surface area contributed by atoms with Crippen LogP contribution in [0.4, 0.5) is 4.39 Å². The van der Waals surface area contributed by atoms with Crippen LogP contribution in [0.2, 0.25) is 0 Å². The summed E-state index contributed by atoms with van der Waals surface area (Å²) >= 11 is 13.8. The van der Waals surface area contributed by atoms with Crippen LogP contribution in [0, 0.1) is 62.3 Å². The van der Waals surface area contributed by atoms with E-state index in [0.29, 0.717) is 50.6 Å². The number of furan rings is 3. The number of hydrogen-bond acceptors (Lipinski definition) is 17. The molecule has 7 N–H and O–H groups in total. The Morgan fingerprint density at radius 2 is 0.866 bits per heavy atom. The van der Waals surface area contributed by atoms with Crippen LogP contribution in [0.5, 0.6) is 0 Å². The number of ether oxygens (including phenoxy) is 2. The number of carbonyl (C=O) groups is 7. The molecule has 0 bridgehead atoms. The number of nitrogens with zero attached hydrogens (tertiary/aromatic N) is 2. The predicted molar refractivity (Wildman–Crippen MR) is 373 cm³/mol. The lowest BCUT2D eigenvalue weighted by Crippen LogP contribution is -2.41. The van der Waals surface area contributed by atoms with Crippen molar-refractivity contribution in [2.75, 3.05) is 7.15 Å². The van der Waals surface area contributed by atoms with Gasteiger partial charge < -0.3 is 37.4 Å². The minimum atomic E-state index is -3.22. The van der Waals surface area contributed by atoms with Crippen molar-refractivity contribution >= 4 is 113 Å². The number of benzene rings is 6. The Balaban J connectivity index is 0.000000275. The summed E-state index contributed by atoms with van der Waals surface area (Å²) in [6.45, 7) is 27.6. The Labute approximate surface area is 575 Å². The molecule has 3 amide bonds. The number of aryl methyl sites for hydroxylation is 9. The SMILES string of the molecule is C.Cc1cc(C(=O)O)ccc1-c1nnc(-c2cc3c(C)ccc(C)c3o2)o1.Cc1cc(C(=O)OC(C)(C)C)ccc1C(=O)NNC(=O)c1cc2c(C)ccc(C)c2o1.Cc1cc(C(=O)OC(C)(C)C)ccc1C(=O)O.Cc1ccc(C)c2oc(C(=O)NN)cc12.O=P(Cl)(Cl)Cl.[2H]CF. The molecule has 4 heterocycles. The van der Waals surface area contributed by atoms with Crippen LogP contribution in [-0.2, 0) is 14.0 Å². The zero-order valence-electron chi connectivity index (χ0n) is 56.1. The first-order valence-electron chi connectivity index (χ1n) is 29.6. The van der Waals surface area contributed by atoms with Crippen molar-refractivity contribution in [2.24, 2.45) is 5.84 Å². The van der Waals surface area contributed by atoms with E-state index < -0.39 is 65.2 Å². The zero-order chi connectivity index (χ0) is 72.8. The highest BCUT2D eigenvalue weighted by Gasteiger charge is 2.24. The number of nitrogens with two attached hydrogens (primary N) is 1. The fourth-order valence-electron chi connectivity index (χ4n) is 9.04. The summed E-state index contributed by atoms with van der Waals surface area (Å²) in [5, 5.41) is 25.7. The van der Waals surface area contributed by atoms with Gasteiger partial charge in [-0.05, 0) is 260 Å². The van der Waals surface area contributed by atoms with Crippen LogP contribution < -0.4 is 22.1 Å². The molecule has 97 heavy (non-hydrogen) atoms. The van der Waals surface area contributed by atoms with Crippen molar-refractivity contribution in [2.45, 2.75) is 122 Å². The van der Waals surface area contributed by atoms with Crippen molar-refractivity contribution in [1.29, 1.82) is 0 Å². The van der Waals surface area contributed by atoms with Gasteiger partial charge in [-0.15, -0.1) is 10.2 Å². The number of amides is 3. The normalized spacial score (nSPS) is 11.0. The van der Waals surface area contributed by atoms with Crippen molar-refractivity contribution in [3.63, 3.8) is 0 Å². The Kier molecular flexibility index (Phi) is 27.2. The van der Waals surface area contributed by atoms with Crippen molar-refractivity contribution in [3.8, 4) is 23.1 Å². The van der Waals surface area contributed by atoms with Crippen molar-refractivity contribution in [1.82, 2.24) is 26.5 Å². The number of alkyl halides is 1. The summed E-state index contributed by atoms with van der Waals surface area (Å²) in [6, 6.07) is 30.9. The summed E-state index contributed by atoms with van der Waals surface area (Å²) in [7, 11) is -1.00. The number of carboxylic acid groups (broad SMARTS) is 2. The van der Waals surface area contributed by atoms with E-state index in [2.05, 4.69) is 54.8 Å². The molecule has 10 rings (SSSR count). The molecule has 0 unspecified atom stereocenters. The molecule has 6 aromatic carbocycles. The topological polar surface area (TPSA) is 336 Å². The number of hydrazine groups is 2. The van der Waals surface area contributed by atoms with Gasteiger partial charge in [-0.1, -0.05) is 43.8 Å². The molecule has 4 aromatic heterocycles. The van der Waals surface area contributed by atoms with Crippen molar-refractivity contribution in [3.05, 3.63) is 199 Å². The second kappa shape index (κ2) is 33.8. The molecule has 0 aliphatic heterocycles. The number of aromatic nitrogens is 2. The third kappa shape index (κ3) is 22.2. The van der Waals surface area contributed by atoms with E-state index in [1.807, 2.05) is 89.4 Å². The smallest absolute Gasteiger partial charge is 0.339 e. The highest BCUT2D eigenvalue weighted by molar-refractivity contribution is 8.24. The summed E-state index contributed by atoms with van der Waals surface area (Å²) in [5.74, 6) is 2.13. The third-order valence-electron chi connectivity index (χ3n) is 13.7. The first kappa shape index (κ1) is 78.1. The molecule has 0 saturated carbocycles. The van der Waals surface area contributed by atoms with E-state index in [0.717, 1.165) is 66.3 Å². The highest BCUT2D eigenvalue weighted by atomic mass is 36.0. The molecule has 0 atom stereocenters. The standard InChI is InChI=1S/C24H26N2O5.C20H16N2O4.C13H16O4.C11H12N2O2.CH3F.CH4.Cl3OP/c1-13-7-8-14(2)20-18(13)12-19(30-20)22(28)26-25-21(27)17-10-9-16(11-15(17)3)23(29)31-24(4,5)6;1-10-4-5-11(2)17-15(10)9-16(25-17)19-22-21-18(26-19)14-7-6-13(20(23)24)8-12(14)3;1-8-7-9(5-6-10(8)11(14)15)12(16)17-13(2,3)4;1-6-3-4-7(2)10-8(6)5-9(15-10)11(14)13-12;1-2;;1-5(2,3)4/h7-12H,1-6H3,(H,25,27)(H,26,28);4-9H,1-3H3,(H,23,24);5-7H,1-4H3,(H,14,15);3-5H,12H2,1-2H3,(H,13,14);1H3;1H4;/i;;;;1D;;. The Morgan fingerprint density at radius 3 is 1.25 bits per heavy atom. The van der Waals surface area contributed by atoms with E-state index in [9.17, 15) is 42.5 Å². The number of rotatable bonds is 9. The molecular weight excluding hydrogens is 1340 g/mol. The van der Waals surface area contributed by atoms with Crippen LogP contribution in [0.1, 0.15) is 173 Å². The molecule has 0 aliphatic rings. The lowest BCUT2D eigenvalue weighted by Gasteiger charge is -2.19. The number of carboxylic acids is 2. The maximum atomic E-state index is 12.5. The van der Waals surface area contributed by atoms with Crippen LogP contribution >= 0.6 is 38.9 Å². The van der Waals surface area contributed by atoms with E-state index in [1.54, 1.807) is 92.6 Å². The number of esters is 2. The molecule has 10 aromatic rings. The molecule has 0 fully saturated rings. The average Bonchev–Trinajstić information content (AvgIpc) is 1.65. The Bertz CT molecular complexity index is 4510. The van der Waals surface area contributed by atoms with Gasteiger partial charge >= 0.3 is 40.9 Å². The maximum Gasteiger partial charge on any atom is 0.339 e. The largest absolute Gasteiger partial charge is 0.478 e. The molecule has 516 valence electrons. The maximum absolute atomic E-state index is 12.5. The number of aromatic carboxylic acids is 2. The first-order valence-corrected chi connectivity index (χ1v) is 33.3. The Hall–Kier alpha value is -9.64. The van der Waals surface area contributed by atoms with Crippen LogP contribution in [0.25, 0.3) is 56.0 Å². The highest BCUT2D eigenvalue weighted by Crippen LogP contribution is 2.61. The fraction of sp³-hybridized carbons (Fsp3) is 0.271. The number of hydrogen-bond donors (Lipinski definition) is 6. The second-order valence-corrected chi connectivity index (χ2v) is 30.2. The molecule has 0 aliphatic carbocycles. The van der Waals surface area contributed by atoms with Gasteiger partial charge in [-0.3, -0.25) is 39.6 Å². The summed E-state index contributed by atoms with van der Waals surface area (Å²) in [6.07, 6.45) is 0. The first-order chi connectivity index (χ1) is 45.1. The lowest BCUT2D eigenvalue weighted by molar-refractivity contribution is 0.00569. The van der Waals surface area contributed by atoms with Gasteiger partial charge in [0.2, 0.25) is 5.89 Å². The minimum absolute atomic E-state index is 0. The molecule has 0 saturated heterocycles. The zero-order valence-corrected chi connectivity index (χ0v) is 58.3. The number of fused-ring (bicyclic) bond motifs is 3. The van der Waals surface area contributed by atoms with Crippen molar-refractivity contribution < 1.29 is 81.2 Å². The third-order valence-corrected chi connectivity index (χ3v) is 13.7.